The van der Waals surface area contributed by atoms with Crippen LogP contribution in [-0.4, -0.2) is 0 Å². The molecular formula is C16H15BrClF. The average Bonchev–Trinajstić information content (AvgIpc) is 2.37. The van der Waals surface area contributed by atoms with E-state index in [4.69, 9.17) is 11.6 Å². The van der Waals surface area contributed by atoms with Crippen LogP contribution in [0.3, 0.4) is 0 Å². The summed E-state index contributed by atoms with van der Waals surface area (Å²) in [6.07, 6.45) is 0.737. The lowest BCUT2D eigenvalue weighted by molar-refractivity contribution is 0.620. The monoisotopic (exact) mass is 340 g/mol. The van der Waals surface area contributed by atoms with Gasteiger partial charge in [-0.2, -0.15) is 0 Å². The number of hydrogen-bond acceptors (Lipinski definition) is 0. The molecule has 0 aliphatic rings. The predicted octanol–water partition coefficient (Wildman–Crippen LogP) is 5.73. The number of rotatable bonds is 3. The third-order valence-corrected chi connectivity index (χ3v) is 4.31. The van der Waals surface area contributed by atoms with Crippen LogP contribution in [0.4, 0.5) is 4.39 Å². The van der Waals surface area contributed by atoms with Gasteiger partial charge in [-0.1, -0.05) is 24.3 Å². The van der Waals surface area contributed by atoms with E-state index in [0.29, 0.717) is 4.47 Å². The molecule has 0 amide bonds. The van der Waals surface area contributed by atoms with Gasteiger partial charge in [0.05, 0.1) is 9.85 Å². The molecule has 1 atom stereocenters. The van der Waals surface area contributed by atoms with Gasteiger partial charge in [-0.05, 0) is 70.6 Å². The van der Waals surface area contributed by atoms with Crippen molar-refractivity contribution in [3.8, 4) is 0 Å². The van der Waals surface area contributed by atoms with E-state index in [9.17, 15) is 4.39 Å². The van der Waals surface area contributed by atoms with Crippen molar-refractivity contribution >= 4 is 27.5 Å². The lowest BCUT2D eigenvalue weighted by Crippen LogP contribution is -1.97. The molecule has 3 heteroatoms. The van der Waals surface area contributed by atoms with Crippen molar-refractivity contribution < 1.29 is 4.39 Å². The topological polar surface area (TPSA) is 0 Å². The molecule has 0 saturated heterocycles. The first-order valence-electron chi connectivity index (χ1n) is 6.12. The van der Waals surface area contributed by atoms with E-state index in [1.54, 1.807) is 12.1 Å². The van der Waals surface area contributed by atoms with Crippen LogP contribution in [0.5, 0.6) is 0 Å². The van der Waals surface area contributed by atoms with E-state index >= 15 is 0 Å². The molecule has 0 fully saturated rings. The standard InChI is InChI=1S/C16H15BrClF/c1-10-3-4-12(7-11(10)2)8-15(18)13-5-6-16(19)14(17)9-13/h3-7,9,15H,8H2,1-2H3. The molecule has 0 radical (unpaired) electrons. The molecule has 0 aliphatic heterocycles. The zero-order chi connectivity index (χ0) is 14.0. The van der Waals surface area contributed by atoms with Crippen LogP contribution in [0.15, 0.2) is 40.9 Å². The predicted molar refractivity (Wildman–Crippen MR) is 82.3 cm³/mol. The third-order valence-electron chi connectivity index (χ3n) is 3.29. The van der Waals surface area contributed by atoms with Gasteiger partial charge < -0.3 is 0 Å². The molecule has 0 heterocycles. The van der Waals surface area contributed by atoms with Gasteiger partial charge in [-0.15, -0.1) is 11.6 Å². The Labute approximate surface area is 126 Å². The van der Waals surface area contributed by atoms with Crippen LogP contribution >= 0.6 is 27.5 Å². The Kier molecular flexibility index (Phi) is 4.64. The summed E-state index contributed by atoms with van der Waals surface area (Å²) in [7, 11) is 0. The van der Waals surface area contributed by atoms with Crippen molar-refractivity contribution in [3.05, 3.63) is 68.9 Å². The minimum absolute atomic E-state index is 0.154. The largest absolute Gasteiger partial charge is 0.206 e. The van der Waals surface area contributed by atoms with E-state index in [-0.39, 0.29) is 11.2 Å². The molecule has 100 valence electrons. The molecule has 0 N–H and O–H groups in total. The molecular weight excluding hydrogens is 327 g/mol. The molecule has 0 spiro atoms. The molecule has 2 aromatic carbocycles. The van der Waals surface area contributed by atoms with Crippen LogP contribution in [0.2, 0.25) is 0 Å². The van der Waals surface area contributed by atoms with Crippen LogP contribution in [0.1, 0.15) is 27.6 Å². The van der Waals surface area contributed by atoms with Gasteiger partial charge in [0.25, 0.3) is 0 Å². The highest BCUT2D eigenvalue weighted by molar-refractivity contribution is 9.10. The summed E-state index contributed by atoms with van der Waals surface area (Å²) >= 11 is 9.60. The van der Waals surface area contributed by atoms with Crippen molar-refractivity contribution in [2.45, 2.75) is 25.6 Å². The van der Waals surface area contributed by atoms with Gasteiger partial charge in [0, 0.05) is 0 Å². The Balaban J connectivity index is 2.17. The van der Waals surface area contributed by atoms with Gasteiger partial charge >= 0.3 is 0 Å². The van der Waals surface area contributed by atoms with Crippen molar-refractivity contribution in [1.29, 1.82) is 0 Å². The molecule has 1 unspecified atom stereocenters. The maximum absolute atomic E-state index is 13.2. The Morgan fingerprint density at radius 2 is 1.84 bits per heavy atom. The first-order chi connectivity index (χ1) is 8.97. The lowest BCUT2D eigenvalue weighted by Gasteiger charge is -2.12. The lowest BCUT2D eigenvalue weighted by atomic mass is 10.0. The molecule has 19 heavy (non-hydrogen) atoms. The summed E-state index contributed by atoms with van der Waals surface area (Å²) in [6, 6.07) is 11.3. The number of aryl methyl sites for hydroxylation is 2. The Bertz CT molecular complexity index is 595. The maximum Gasteiger partial charge on any atom is 0.137 e. The second-order valence-electron chi connectivity index (χ2n) is 4.76. The van der Waals surface area contributed by atoms with Gasteiger partial charge in [-0.3, -0.25) is 0 Å². The number of benzene rings is 2. The van der Waals surface area contributed by atoms with E-state index in [1.165, 1.54) is 22.8 Å². The van der Waals surface area contributed by atoms with Gasteiger partial charge in [0.2, 0.25) is 0 Å². The highest BCUT2D eigenvalue weighted by atomic mass is 79.9. The second kappa shape index (κ2) is 6.06. The average molecular weight is 342 g/mol. The number of halogens is 3. The van der Waals surface area contributed by atoms with Crippen molar-refractivity contribution in [3.63, 3.8) is 0 Å². The summed E-state index contributed by atoms with van der Waals surface area (Å²) in [5.74, 6) is -0.265. The van der Waals surface area contributed by atoms with Crippen LogP contribution in [0.25, 0.3) is 0 Å². The quantitative estimate of drug-likeness (QED) is 0.626. The molecule has 0 saturated carbocycles. The second-order valence-corrected chi connectivity index (χ2v) is 6.14. The van der Waals surface area contributed by atoms with Gasteiger partial charge in [0.1, 0.15) is 5.82 Å². The van der Waals surface area contributed by atoms with Crippen LogP contribution in [-0.2, 0) is 6.42 Å². The molecule has 2 rings (SSSR count). The van der Waals surface area contributed by atoms with Gasteiger partial charge in [0.15, 0.2) is 0 Å². The molecule has 0 aromatic heterocycles. The first-order valence-corrected chi connectivity index (χ1v) is 7.35. The minimum atomic E-state index is -0.265. The third kappa shape index (κ3) is 3.58. The Hall–Kier alpha value is -0.860. The van der Waals surface area contributed by atoms with E-state index in [2.05, 4.69) is 48.0 Å². The molecule has 2 aromatic rings. The van der Waals surface area contributed by atoms with E-state index in [1.807, 2.05) is 0 Å². The summed E-state index contributed by atoms with van der Waals surface area (Å²) in [6.45, 7) is 4.19. The SMILES string of the molecule is Cc1ccc(CC(Cl)c2ccc(F)c(Br)c2)cc1C. The molecule has 0 aliphatic carbocycles. The van der Waals surface area contributed by atoms with Gasteiger partial charge in [-0.25, -0.2) is 4.39 Å². The number of hydrogen-bond donors (Lipinski definition) is 0. The van der Waals surface area contributed by atoms with Crippen molar-refractivity contribution in [1.82, 2.24) is 0 Å². The molecule has 0 bridgehead atoms. The van der Waals surface area contributed by atoms with Crippen LogP contribution < -0.4 is 0 Å². The fraction of sp³-hybridized carbons (Fsp3) is 0.250. The van der Waals surface area contributed by atoms with E-state index < -0.39 is 0 Å². The number of alkyl halides is 1. The normalized spacial score (nSPS) is 12.5. The zero-order valence-corrected chi connectivity index (χ0v) is 13.2. The molecule has 0 nitrogen and oxygen atoms in total. The highest BCUT2D eigenvalue weighted by Gasteiger charge is 2.11. The summed E-state index contributed by atoms with van der Waals surface area (Å²) in [5, 5.41) is -0.154. The Morgan fingerprint density at radius 1 is 1.11 bits per heavy atom. The summed E-state index contributed by atoms with van der Waals surface area (Å²) < 4.78 is 13.7. The van der Waals surface area contributed by atoms with Crippen LogP contribution in [0, 0.1) is 19.7 Å². The Morgan fingerprint density at radius 3 is 2.47 bits per heavy atom. The first kappa shape index (κ1) is 14.5. The fourth-order valence-corrected chi connectivity index (χ4v) is 2.67. The summed E-state index contributed by atoms with van der Waals surface area (Å²) in [4.78, 5) is 0. The maximum atomic E-state index is 13.2. The minimum Gasteiger partial charge on any atom is -0.206 e. The smallest absolute Gasteiger partial charge is 0.137 e. The zero-order valence-electron chi connectivity index (χ0n) is 10.9. The summed E-state index contributed by atoms with van der Waals surface area (Å²) in [5.41, 5.74) is 4.66. The van der Waals surface area contributed by atoms with Crippen molar-refractivity contribution in [2.75, 3.05) is 0 Å². The highest BCUT2D eigenvalue weighted by Crippen LogP contribution is 2.28. The fourth-order valence-electron chi connectivity index (χ4n) is 1.96. The van der Waals surface area contributed by atoms with E-state index in [0.717, 1.165) is 12.0 Å². The van der Waals surface area contributed by atoms with Crippen molar-refractivity contribution in [2.24, 2.45) is 0 Å².